The number of aryl methyl sites for hydroxylation is 1. The molecule has 0 aliphatic carbocycles. The van der Waals surface area contributed by atoms with Gasteiger partial charge in [0, 0.05) is 18.0 Å². The lowest BCUT2D eigenvalue weighted by atomic mass is 10.1. The number of carbonyl (C=O) groups is 1. The van der Waals surface area contributed by atoms with Crippen molar-refractivity contribution in [3.05, 3.63) is 76.2 Å². The molecule has 6 heteroatoms. The highest BCUT2D eigenvalue weighted by Gasteiger charge is 2.24. The highest BCUT2D eigenvalue weighted by molar-refractivity contribution is 5.88. The summed E-state index contributed by atoms with van der Waals surface area (Å²) < 4.78 is 1.33. The number of hydrogen-bond donors (Lipinski definition) is 1. The van der Waals surface area contributed by atoms with Gasteiger partial charge in [-0.25, -0.2) is 4.68 Å². The van der Waals surface area contributed by atoms with E-state index in [1.54, 1.807) is 13.1 Å². The first-order valence-electron chi connectivity index (χ1n) is 9.72. The maximum atomic E-state index is 12.9. The lowest BCUT2D eigenvalue weighted by Gasteiger charge is -2.32. The standard InChI is InChI=1S/C22H24N4O2/c1-24-22(28)19-10-6-5-9-18(19)20(23-24)15-21(27)26-13-11-25(12-14-26)16-17-7-3-2-4-8-17/h2-10H,11-16H2,1H3/p+1. The molecule has 28 heavy (non-hydrogen) atoms. The van der Waals surface area contributed by atoms with E-state index in [-0.39, 0.29) is 17.9 Å². The molecule has 1 aromatic heterocycles. The van der Waals surface area contributed by atoms with Crippen LogP contribution in [-0.2, 0) is 24.8 Å². The van der Waals surface area contributed by atoms with Crippen molar-refractivity contribution in [3.8, 4) is 0 Å². The monoisotopic (exact) mass is 377 g/mol. The Labute approximate surface area is 164 Å². The summed E-state index contributed by atoms with van der Waals surface area (Å²) in [6.07, 6.45) is 0.225. The lowest BCUT2D eigenvalue weighted by molar-refractivity contribution is -0.917. The molecule has 2 aromatic carbocycles. The molecule has 1 aliphatic heterocycles. The van der Waals surface area contributed by atoms with Crippen molar-refractivity contribution >= 4 is 16.7 Å². The number of carbonyl (C=O) groups excluding carboxylic acids is 1. The van der Waals surface area contributed by atoms with Crippen LogP contribution in [0.3, 0.4) is 0 Å². The van der Waals surface area contributed by atoms with E-state index in [9.17, 15) is 9.59 Å². The highest BCUT2D eigenvalue weighted by atomic mass is 16.2. The van der Waals surface area contributed by atoms with Crippen molar-refractivity contribution in [1.82, 2.24) is 14.7 Å². The van der Waals surface area contributed by atoms with Crippen LogP contribution < -0.4 is 10.5 Å². The fourth-order valence-electron chi connectivity index (χ4n) is 3.90. The number of amides is 1. The van der Waals surface area contributed by atoms with Gasteiger partial charge in [-0.05, 0) is 6.07 Å². The molecule has 1 N–H and O–H groups in total. The Balaban J connectivity index is 1.42. The first-order chi connectivity index (χ1) is 13.6. The summed E-state index contributed by atoms with van der Waals surface area (Å²) in [7, 11) is 1.63. The molecule has 2 heterocycles. The van der Waals surface area contributed by atoms with E-state index in [1.165, 1.54) is 15.1 Å². The Morgan fingerprint density at radius 3 is 2.36 bits per heavy atom. The number of rotatable bonds is 4. The topological polar surface area (TPSA) is 59.6 Å². The Morgan fingerprint density at radius 1 is 1.00 bits per heavy atom. The summed E-state index contributed by atoms with van der Waals surface area (Å²) in [6.45, 7) is 4.40. The minimum absolute atomic E-state index is 0.0788. The fourth-order valence-corrected chi connectivity index (χ4v) is 3.90. The summed E-state index contributed by atoms with van der Waals surface area (Å²) in [5.41, 5.74) is 1.87. The molecular weight excluding hydrogens is 352 g/mol. The maximum absolute atomic E-state index is 12.9. The molecule has 0 saturated carbocycles. The SMILES string of the molecule is Cn1nc(CC(=O)N2CC[NH+](Cc3ccccc3)CC2)c2ccccc2c1=O. The van der Waals surface area contributed by atoms with Crippen molar-refractivity contribution in [2.45, 2.75) is 13.0 Å². The van der Waals surface area contributed by atoms with E-state index in [0.29, 0.717) is 11.1 Å². The number of benzene rings is 2. The second kappa shape index (κ2) is 7.94. The number of fused-ring (bicyclic) bond motifs is 1. The summed E-state index contributed by atoms with van der Waals surface area (Å²) >= 11 is 0. The van der Waals surface area contributed by atoms with Crippen LogP contribution >= 0.6 is 0 Å². The van der Waals surface area contributed by atoms with Crippen LogP contribution in [0.25, 0.3) is 10.8 Å². The molecule has 0 unspecified atom stereocenters. The number of nitrogens with zero attached hydrogens (tertiary/aromatic N) is 3. The van der Waals surface area contributed by atoms with Crippen LogP contribution in [0.4, 0.5) is 0 Å². The van der Waals surface area contributed by atoms with Crippen molar-refractivity contribution in [1.29, 1.82) is 0 Å². The van der Waals surface area contributed by atoms with E-state index in [0.717, 1.165) is 38.1 Å². The zero-order valence-corrected chi connectivity index (χ0v) is 16.1. The van der Waals surface area contributed by atoms with Crippen LogP contribution in [0.15, 0.2) is 59.4 Å². The molecule has 1 fully saturated rings. The molecule has 1 aliphatic rings. The normalized spacial score (nSPS) is 15.1. The number of hydrogen-bond acceptors (Lipinski definition) is 3. The molecular formula is C22H25N4O2+. The van der Waals surface area contributed by atoms with E-state index >= 15 is 0 Å². The summed E-state index contributed by atoms with van der Waals surface area (Å²) in [5.74, 6) is 0.0788. The van der Waals surface area contributed by atoms with E-state index in [2.05, 4.69) is 29.4 Å². The first kappa shape index (κ1) is 18.4. The van der Waals surface area contributed by atoms with Crippen LogP contribution in [0.1, 0.15) is 11.3 Å². The van der Waals surface area contributed by atoms with Crippen molar-refractivity contribution in [2.24, 2.45) is 7.05 Å². The Morgan fingerprint density at radius 2 is 1.64 bits per heavy atom. The Hall–Kier alpha value is -2.99. The predicted octanol–water partition coefficient (Wildman–Crippen LogP) is 0.403. The molecule has 0 bridgehead atoms. The van der Waals surface area contributed by atoms with Gasteiger partial charge in [0.15, 0.2) is 0 Å². The van der Waals surface area contributed by atoms with Crippen molar-refractivity contribution < 1.29 is 9.69 Å². The summed E-state index contributed by atoms with van der Waals surface area (Å²) in [6, 6.07) is 17.9. The zero-order chi connectivity index (χ0) is 19.5. The summed E-state index contributed by atoms with van der Waals surface area (Å²) in [5, 5.41) is 5.74. The number of aromatic nitrogens is 2. The van der Waals surface area contributed by atoms with E-state index < -0.39 is 0 Å². The van der Waals surface area contributed by atoms with Gasteiger partial charge in [0.25, 0.3) is 5.56 Å². The van der Waals surface area contributed by atoms with E-state index in [4.69, 9.17) is 0 Å². The largest absolute Gasteiger partial charge is 0.331 e. The minimum atomic E-state index is -0.134. The molecule has 6 nitrogen and oxygen atoms in total. The Kier molecular flexibility index (Phi) is 5.21. The van der Waals surface area contributed by atoms with Crippen LogP contribution in [0.2, 0.25) is 0 Å². The fraction of sp³-hybridized carbons (Fsp3) is 0.318. The molecule has 4 rings (SSSR count). The molecule has 0 atom stereocenters. The van der Waals surface area contributed by atoms with Gasteiger partial charge in [0.2, 0.25) is 5.91 Å². The van der Waals surface area contributed by atoms with Crippen LogP contribution in [-0.4, -0.2) is 46.8 Å². The van der Waals surface area contributed by atoms with Gasteiger partial charge in [0.05, 0.1) is 43.7 Å². The molecule has 3 aromatic rings. The van der Waals surface area contributed by atoms with Crippen LogP contribution in [0.5, 0.6) is 0 Å². The predicted molar refractivity (Wildman–Crippen MR) is 108 cm³/mol. The van der Waals surface area contributed by atoms with Crippen molar-refractivity contribution in [3.63, 3.8) is 0 Å². The zero-order valence-electron chi connectivity index (χ0n) is 16.1. The average Bonchev–Trinajstić information content (AvgIpc) is 2.73. The quantitative estimate of drug-likeness (QED) is 0.716. The second-order valence-corrected chi connectivity index (χ2v) is 7.39. The number of nitrogens with one attached hydrogen (secondary N) is 1. The van der Waals surface area contributed by atoms with Gasteiger partial charge in [-0.2, -0.15) is 5.10 Å². The summed E-state index contributed by atoms with van der Waals surface area (Å²) in [4.78, 5) is 28.5. The molecule has 0 spiro atoms. The van der Waals surface area contributed by atoms with Crippen molar-refractivity contribution in [2.75, 3.05) is 26.2 Å². The Bertz CT molecular complexity index is 1040. The van der Waals surface area contributed by atoms with Gasteiger partial charge < -0.3 is 9.80 Å². The first-order valence-corrected chi connectivity index (χ1v) is 9.72. The van der Waals surface area contributed by atoms with Gasteiger partial charge in [0.1, 0.15) is 6.54 Å². The van der Waals surface area contributed by atoms with Crippen LogP contribution in [0, 0.1) is 0 Å². The van der Waals surface area contributed by atoms with Gasteiger partial charge >= 0.3 is 0 Å². The number of quaternary nitrogens is 1. The maximum Gasteiger partial charge on any atom is 0.274 e. The minimum Gasteiger partial charge on any atom is -0.331 e. The smallest absolute Gasteiger partial charge is 0.274 e. The van der Waals surface area contributed by atoms with E-state index in [1.807, 2.05) is 29.2 Å². The molecule has 1 saturated heterocycles. The third-order valence-corrected chi connectivity index (χ3v) is 5.47. The van der Waals surface area contributed by atoms with Gasteiger partial charge in [-0.15, -0.1) is 0 Å². The highest BCUT2D eigenvalue weighted by Crippen LogP contribution is 2.14. The molecule has 1 amide bonds. The third kappa shape index (κ3) is 3.82. The number of piperazine rings is 1. The van der Waals surface area contributed by atoms with Gasteiger partial charge in [-0.3, -0.25) is 9.59 Å². The molecule has 0 radical (unpaired) electrons. The average molecular weight is 377 g/mol. The lowest BCUT2D eigenvalue weighted by Crippen LogP contribution is -3.13. The van der Waals surface area contributed by atoms with Gasteiger partial charge in [-0.1, -0.05) is 48.5 Å². The molecule has 144 valence electrons. The third-order valence-electron chi connectivity index (χ3n) is 5.47. The second-order valence-electron chi connectivity index (χ2n) is 7.39.